The Labute approximate surface area is 118 Å². The van der Waals surface area contributed by atoms with Crippen molar-refractivity contribution in [3.05, 3.63) is 16.7 Å². The predicted molar refractivity (Wildman–Crippen MR) is 71.4 cm³/mol. The van der Waals surface area contributed by atoms with Crippen LogP contribution in [0.15, 0.2) is 11.1 Å². The minimum atomic E-state index is -0.771. The van der Waals surface area contributed by atoms with Gasteiger partial charge in [0.25, 0.3) is 5.56 Å². The zero-order chi connectivity index (χ0) is 13.6. The van der Waals surface area contributed by atoms with Gasteiger partial charge in [0.1, 0.15) is 12.3 Å². The molecule has 2 aromatic heterocycles. The molecule has 0 amide bonds. The van der Waals surface area contributed by atoms with Crippen LogP contribution in [0.25, 0.3) is 11.2 Å². The topological polar surface area (TPSA) is 139 Å². The molecule has 0 saturated carbocycles. The third-order valence-corrected chi connectivity index (χ3v) is 3.15. The number of aliphatic hydroxyl groups is 2. The number of rotatable bonds is 2. The fraction of sp³-hybridized carbons (Fsp3) is 0.500. The number of nitrogens with one attached hydrogen (secondary N) is 1. The Bertz CT molecular complexity index is 671. The minimum Gasteiger partial charge on any atom is -0.394 e. The van der Waals surface area contributed by atoms with Crippen molar-refractivity contribution in [3.8, 4) is 0 Å². The third kappa shape index (κ3) is 2.24. The Balaban J connectivity index is 0.00000147. The smallest absolute Gasteiger partial charge is 0.280 e. The molecule has 1 fully saturated rings. The number of aromatic amines is 1. The molecule has 1 aliphatic rings. The van der Waals surface area contributed by atoms with E-state index in [0.29, 0.717) is 0 Å². The van der Waals surface area contributed by atoms with E-state index in [1.807, 2.05) is 0 Å². The lowest BCUT2D eigenvalue weighted by Gasteiger charge is -2.13. The first-order valence-electron chi connectivity index (χ1n) is 5.77. The summed E-state index contributed by atoms with van der Waals surface area (Å²) in [5, 5.41) is 18.8. The standard InChI is InChI=1S/C10H13N5O4.ClH/c11-10-13-8-7(9(18)14-10)12-3-15(8)6-1-4(17)5(2-16)19-6;/h3-6,16-17H,1-2H2,(H3,11,13,14,18);1H/t4?,5-,6-;/m1./s1. The molecule has 20 heavy (non-hydrogen) atoms. The molecule has 1 saturated heterocycles. The van der Waals surface area contributed by atoms with E-state index in [1.165, 1.54) is 10.9 Å². The van der Waals surface area contributed by atoms with E-state index < -0.39 is 24.0 Å². The molecule has 0 radical (unpaired) electrons. The number of nitrogens with zero attached hydrogens (tertiary/aromatic N) is 3. The van der Waals surface area contributed by atoms with Crippen LogP contribution >= 0.6 is 12.4 Å². The van der Waals surface area contributed by atoms with Crippen molar-refractivity contribution in [3.63, 3.8) is 0 Å². The summed E-state index contributed by atoms with van der Waals surface area (Å²) in [5.74, 6) is -0.0171. The average Bonchev–Trinajstić information content (AvgIpc) is 2.92. The average molecular weight is 304 g/mol. The summed E-state index contributed by atoms with van der Waals surface area (Å²) in [7, 11) is 0. The van der Waals surface area contributed by atoms with Gasteiger partial charge in [0.15, 0.2) is 11.2 Å². The number of ether oxygens (including phenoxy) is 1. The normalized spacial score (nSPS) is 25.8. The molecule has 0 aliphatic carbocycles. The molecule has 1 unspecified atom stereocenters. The van der Waals surface area contributed by atoms with Gasteiger partial charge in [-0.1, -0.05) is 0 Å². The number of imidazole rings is 1. The lowest BCUT2D eigenvalue weighted by molar-refractivity contribution is -0.0432. The number of aromatic nitrogens is 4. The fourth-order valence-corrected chi connectivity index (χ4v) is 2.20. The first-order valence-corrected chi connectivity index (χ1v) is 5.77. The van der Waals surface area contributed by atoms with E-state index in [0.717, 1.165) is 0 Å². The molecule has 2 aromatic rings. The molecule has 9 nitrogen and oxygen atoms in total. The van der Waals surface area contributed by atoms with Crippen molar-refractivity contribution in [2.75, 3.05) is 12.3 Å². The highest BCUT2D eigenvalue weighted by atomic mass is 35.5. The Morgan fingerprint density at radius 1 is 1.60 bits per heavy atom. The van der Waals surface area contributed by atoms with Gasteiger partial charge in [0.2, 0.25) is 5.95 Å². The van der Waals surface area contributed by atoms with E-state index in [4.69, 9.17) is 15.6 Å². The monoisotopic (exact) mass is 303 g/mol. The Morgan fingerprint density at radius 2 is 2.35 bits per heavy atom. The highest BCUT2D eigenvalue weighted by Gasteiger charge is 2.35. The van der Waals surface area contributed by atoms with Crippen LogP contribution in [-0.2, 0) is 4.74 Å². The maximum atomic E-state index is 11.6. The fourth-order valence-electron chi connectivity index (χ4n) is 2.20. The van der Waals surface area contributed by atoms with Crippen molar-refractivity contribution in [2.24, 2.45) is 0 Å². The molecule has 110 valence electrons. The van der Waals surface area contributed by atoms with E-state index in [9.17, 15) is 9.90 Å². The van der Waals surface area contributed by atoms with Gasteiger partial charge in [-0.15, -0.1) is 12.4 Å². The molecule has 0 spiro atoms. The summed E-state index contributed by atoms with van der Waals surface area (Å²) >= 11 is 0. The molecule has 3 heterocycles. The van der Waals surface area contributed by atoms with Gasteiger partial charge in [0.05, 0.1) is 19.0 Å². The van der Waals surface area contributed by atoms with Gasteiger partial charge in [0, 0.05) is 6.42 Å². The van der Waals surface area contributed by atoms with E-state index >= 15 is 0 Å². The van der Waals surface area contributed by atoms with Crippen LogP contribution in [-0.4, -0.2) is 48.5 Å². The second-order valence-electron chi connectivity index (χ2n) is 4.39. The molecule has 10 heteroatoms. The van der Waals surface area contributed by atoms with Gasteiger partial charge in [-0.25, -0.2) is 4.98 Å². The zero-order valence-corrected chi connectivity index (χ0v) is 11.1. The van der Waals surface area contributed by atoms with Gasteiger partial charge in [-0.2, -0.15) is 4.98 Å². The second kappa shape index (κ2) is 5.37. The van der Waals surface area contributed by atoms with Gasteiger partial charge >= 0.3 is 0 Å². The van der Waals surface area contributed by atoms with Crippen molar-refractivity contribution >= 4 is 29.5 Å². The molecule has 5 N–H and O–H groups in total. The summed E-state index contributed by atoms with van der Waals surface area (Å²) < 4.78 is 7.01. The molecular formula is C10H14ClN5O4. The number of fused-ring (bicyclic) bond motifs is 1. The van der Waals surface area contributed by atoms with Gasteiger partial charge in [-0.3, -0.25) is 14.3 Å². The van der Waals surface area contributed by atoms with Crippen molar-refractivity contribution in [2.45, 2.75) is 24.9 Å². The quantitative estimate of drug-likeness (QED) is 0.544. The summed E-state index contributed by atoms with van der Waals surface area (Å²) in [4.78, 5) is 22.0. The van der Waals surface area contributed by atoms with Crippen LogP contribution in [0.3, 0.4) is 0 Å². The number of nitrogens with two attached hydrogens (primary N) is 1. The minimum absolute atomic E-state index is 0. The van der Waals surface area contributed by atoms with Crippen molar-refractivity contribution in [1.29, 1.82) is 0 Å². The number of hydrogen-bond acceptors (Lipinski definition) is 7. The third-order valence-electron chi connectivity index (χ3n) is 3.15. The molecule has 0 aromatic carbocycles. The van der Waals surface area contributed by atoms with E-state index in [-0.39, 0.29) is 42.5 Å². The first kappa shape index (κ1) is 14.7. The molecule has 0 bridgehead atoms. The van der Waals surface area contributed by atoms with Gasteiger partial charge < -0.3 is 20.7 Å². The van der Waals surface area contributed by atoms with Crippen LogP contribution in [0.5, 0.6) is 0 Å². The number of nitrogen functional groups attached to an aromatic ring is 1. The highest BCUT2D eigenvalue weighted by Crippen LogP contribution is 2.30. The van der Waals surface area contributed by atoms with Crippen LogP contribution < -0.4 is 11.3 Å². The lowest BCUT2D eigenvalue weighted by Crippen LogP contribution is -2.24. The maximum Gasteiger partial charge on any atom is 0.280 e. The summed E-state index contributed by atoms with van der Waals surface area (Å²) in [5.41, 5.74) is 5.50. The second-order valence-corrected chi connectivity index (χ2v) is 4.39. The number of halogens is 1. The lowest BCUT2D eigenvalue weighted by atomic mass is 10.2. The highest BCUT2D eigenvalue weighted by molar-refractivity contribution is 5.85. The van der Waals surface area contributed by atoms with Crippen LogP contribution in [0.1, 0.15) is 12.6 Å². The first-order chi connectivity index (χ1) is 9.10. The van der Waals surface area contributed by atoms with E-state index in [1.54, 1.807) is 0 Å². The van der Waals surface area contributed by atoms with Crippen molar-refractivity contribution < 1.29 is 14.9 Å². The number of anilines is 1. The van der Waals surface area contributed by atoms with E-state index in [2.05, 4.69) is 15.0 Å². The van der Waals surface area contributed by atoms with Crippen molar-refractivity contribution in [1.82, 2.24) is 19.5 Å². The zero-order valence-electron chi connectivity index (χ0n) is 10.3. The molecule has 3 atom stereocenters. The van der Waals surface area contributed by atoms with Gasteiger partial charge in [-0.05, 0) is 0 Å². The summed E-state index contributed by atoms with van der Waals surface area (Å²) in [6.07, 6.45) is -0.270. The Morgan fingerprint density at radius 3 is 3.00 bits per heavy atom. The summed E-state index contributed by atoms with van der Waals surface area (Å²) in [6, 6.07) is 0. The number of H-pyrrole nitrogens is 1. The predicted octanol–water partition coefficient (Wildman–Crippen LogP) is -1.24. The molecular weight excluding hydrogens is 290 g/mol. The van der Waals surface area contributed by atoms with Crippen LogP contribution in [0.2, 0.25) is 0 Å². The van der Waals surface area contributed by atoms with Crippen LogP contribution in [0, 0.1) is 0 Å². The largest absolute Gasteiger partial charge is 0.394 e. The summed E-state index contributed by atoms with van der Waals surface area (Å²) in [6.45, 7) is -0.277. The Kier molecular flexibility index (Phi) is 3.95. The molecule has 3 rings (SSSR count). The number of hydrogen-bond donors (Lipinski definition) is 4. The Hall–Kier alpha value is -1.68. The SMILES string of the molecule is Cl.Nc1nc2c(ncn2[C@H]2CC(O)[C@@H](CO)O2)c(=O)[nH]1. The number of aliphatic hydroxyl groups excluding tert-OH is 2. The van der Waals surface area contributed by atoms with Crippen LogP contribution in [0.4, 0.5) is 5.95 Å². The maximum absolute atomic E-state index is 11.6. The molecule has 1 aliphatic heterocycles.